The molecule has 0 saturated carbocycles. The zero-order chi connectivity index (χ0) is 23.0. The van der Waals surface area contributed by atoms with Crippen molar-refractivity contribution in [1.29, 1.82) is 0 Å². The standard InChI is InChI=1S/C23H23N5O3S2/c1-32-22(28(30)16-29)11-27-21-9-6-18(10-20(21)24-25-27)3-2-17-4-7-19(8-5-17)26-12-23(13-26)14-33(31)15-23/h4-10,16,22,30H,11-15H2,1H3/t22-/m0/s1. The number of aromatic nitrogens is 3. The highest BCUT2D eigenvalue weighted by Gasteiger charge is 2.51. The summed E-state index contributed by atoms with van der Waals surface area (Å²) in [5.41, 5.74) is 4.76. The molecule has 1 atom stereocenters. The number of hydroxylamine groups is 2. The zero-order valence-electron chi connectivity index (χ0n) is 18.0. The van der Waals surface area contributed by atoms with Crippen molar-refractivity contribution < 1.29 is 14.2 Å². The summed E-state index contributed by atoms with van der Waals surface area (Å²) in [5.74, 6) is 8.08. The van der Waals surface area contributed by atoms with Gasteiger partial charge in [0.05, 0.1) is 12.1 Å². The van der Waals surface area contributed by atoms with Crippen LogP contribution in [0.25, 0.3) is 11.0 Å². The van der Waals surface area contributed by atoms with E-state index >= 15 is 0 Å². The average molecular weight is 482 g/mol. The normalized spacial score (nSPS) is 17.7. The van der Waals surface area contributed by atoms with Crippen LogP contribution in [0.5, 0.6) is 0 Å². The van der Waals surface area contributed by atoms with Crippen molar-refractivity contribution >= 4 is 45.7 Å². The molecule has 8 nitrogen and oxygen atoms in total. The Kier molecular flexibility index (Phi) is 5.86. The Bertz CT molecular complexity index is 1260. The fourth-order valence-corrected chi connectivity index (χ4v) is 6.54. The second kappa shape index (κ2) is 8.82. The summed E-state index contributed by atoms with van der Waals surface area (Å²) in [4.78, 5) is 13.2. The maximum atomic E-state index is 11.4. The molecule has 0 bridgehead atoms. The first-order valence-electron chi connectivity index (χ1n) is 10.5. The number of fused-ring (bicyclic) bond motifs is 1. The Morgan fingerprint density at radius 1 is 1.21 bits per heavy atom. The van der Waals surface area contributed by atoms with Crippen LogP contribution in [0.2, 0.25) is 0 Å². The Morgan fingerprint density at radius 3 is 2.58 bits per heavy atom. The summed E-state index contributed by atoms with van der Waals surface area (Å²) >= 11 is 1.35. The van der Waals surface area contributed by atoms with Crippen molar-refractivity contribution in [3.8, 4) is 11.8 Å². The second-order valence-corrected chi connectivity index (χ2v) is 11.0. The van der Waals surface area contributed by atoms with Gasteiger partial charge in [-0.15, -0.1) is 16.9 Å². The van der Waals surface area contributed by atoms with Crippen LogP contribution in [0.1, 0.15) is 11.1 Å². The van der Waals surface area contributed by atoms with E-state index in [1.165, 1.54) is 17.4 Å². The van der Waals surface area contributed by atoms with E-state index in [9.17, 15) is 14.2 Å². The van der Waals surface area contributed by atoms with E-state index in [2.05, 4.69) is 39.2 Å². The first-order valence-corrected chi connectivity index (χ1v) is 13.3. The monoisotopic (exact) mass is 481 g/mol. The van der Waals surface area contributed by atoms with E-state index in [0.29, 0.717) is 28.9 Å². The largest absolute Gasteiger partial charge is 0.370 e. The molecular weight excluding hydrogens is 458 g/mol. The summed E-state index contributed by atoms with van der Waals surface area (Å²) < 4.78 is 13.1. The fraction of sp³-hybridized carbons (Fsp3) is 0.348. The topological polar surface area (TPSA) is 91.6 Å². The lowest BCUT2D eigenvalue weighted by molar-refractivity contribution is -0.153. The molecular formula is C23H23N5O3S2. The van der Waals surface area contributed by atoms with Crippen molar-refractivity contribution in [1.82, 2.24) is 20.1 Å². The number of benzene rings is 2. The Balaban J connectivity index is 1.25. The van der Waals surface area contributed by atoms with Gasteiger partial charge >= 0.3 is 0 Å². The lowest BCUT2D eigenvalue weighted by Crippen LogP contribution is -2.67. The van der Waals surface area contributed by atoms with Crippen molar-refractivity contribution in [2.75, 3.05) is 35.8 Å². The quantitative estimate of drug-likeness (QED) is 0.189. The van der Waals surface area contributed by atoms with E-state index < -0.39 is 16.2 Å². The lowest BCUT2D eigenvalue weighted by Gasteiger charge is -2.55. The number of amides is 1. The smallest absolute Gasteiger partial charge is 0.234 e. The Hall–Kier alpha value is -2.87. The minimum atomic E-state index is -0.600. The van der Waals surface area contributed by atoms with Crippen LogP contribution in [-0.4, -0.2) is 72.1 Å². The molecule has 2 aliphatic rings. The first kappa shape index (κ1) is 21.9. The number of hydrogen-bond acceptors (Lipinski definition) is 7. The summed E-state index contributed by atoms with van der Waals surface area (Å²) in [6.07, 6.45) is 2.20. The molecule has 1 N–H and O–H groups in total. The third-order valence-corrected chi connectivity index (χ3v) is 8.87. The van der Waals surface area contributed by atoms with Gasteiger partial charge in [-0.05, 0) is 48.7 Å². The summed E-state index contributed by atoms with van der Waals surface area (Å²) in [7, 11) is -0.600. The molecule has 2 aromatic carbocycles. The predicted molar refractivity (Wildman–Crippen MR) is 129 cm³/mol. The molecule has 3 aromatic rings. The van der Waals surface area contributed by atoms with Crippen LogP contribution in [0, 0.1) is 17.3 Å². The number of thioether (sulfide) groups is 1. The van der Waals surface area contributed by atoms with Crippen molar-refractivity contribution in [2.24, 2.45) is 5.41 Å². The second-order valence-electron chi connectivity index (χ2n) is 8.53. The van der Waals surface area contributed by atoms with Crippen LogP contribution in [0.15, 0.2) is 42.5 Å². The maximum Gasteiger partial charge on any atom is 0.234 e. The summed E-state index contributed by atoms with van der Waals surface area (Å²) in [5, 5.41) is 18.2. The molecule has 2 saturated heterocycles. The van der Waals surface area contributed by atoms with E-state index in [-0.39, 0.29) is 0 Å². The molecule has 170 valence electrons. The van der Waals surface area contributed by atoms with E-state index in [1.54, 1.807) is 4.68 Å². The lowest BCUT2D eigenvalue weighted by atomic mass is 9.82. The molecule has 1 amide bonds. The van der Waals surface area contributed by atoms with Crippen LogP contribution in [0.4, 0.5) is 5.69 Å². The van der Waals surface area contributed by atoms with Gasteiger partial charge in [-0.3, -0.25) is 14.2 Å². The maximum absolute atomic E-state index is 11.4. The van der Waals surface area contributed by atoms with Gasteiger partial charge < -0.3 is 4.90 Å². The fourth-order valence-electron chi connectivity index (χ4n) is 4.34. The van der Waals surface area contributed by atoms with Gasteiger partial charge in [0.1, 0.15) is 10.9 Å². The molecule has 1 spiro atoms. The third-order valence-electron chi connectivity index (χ3n) is 6.09. The molecule has 1 aromatic heterocycles. The number of anilines is 1. The minimum Gasteiger partial charge on any atom is -0.370 e. The number of carbonyl (C=O) groups excluding carboxylic acids is 1. The third kappa shape index (κ3) is 4.36. The van der Waals surface area contributed by atoms with Crippen molar-refractivity contribution in [3.63, 3.8) is 0 Å². The SMILES string of the molecule is CS[C@@H](Cn1nnc2cc(C#Cc3ccc(N4CC5(C4)CS(=O)C5)cc3)ccc21)N(O)C=O. The molecule has 0 aliphatic carbocycles. The van der Waals surface area contributed by atoms with Gasteiger partial charge in [0.2, 0.25) is 6.41 Å². The number of nitrogens with zero attached hydrogens (tertiary/aromatic N) is 5. The van der Waals surface area contributed by atoms with Crippen LogP contribution < -0.4 is 4.90 Å². The molecule has 0 radical (unpaired) electrons. The van der Waals surface area contributed by atoms with Crippen LogP contribution >= 0.6 is 11.8 Å². The van der Waals surface area contributed by atoms with E-state index in [4.69, 9.17) is 0 Å². The minimum absolute atomic E-state index is 0.298. The van der Waals surface area contributed by atoms with Crippen molar-refractivity contribution in [2.45, 2.75) is 11.9 Å². The average Bonchev–Trinajstić information content (AvgIpc) is 3.19. The van der Waals surface area contributed by atoms with Crippen molar-refractivity contribution in [3.05, 3.63) is 53.6 Å². The number of rotatable bonds is 6. The van der Waals surface area contributed by atoms with Crippen LogP contribution in [0.3, 0.4) is 0 Å². The molecule has 0 unspecified atom stereocenters. The summed E-state index contributed by atoms with van der Waals surface area (Å²) in [6.45, 7) is 2.31. The van der Waals surface area contributed by atoms with Gasteiger partial charge in [-0.2, -0.15) is 0 Å². The Morgan fingerprint density at radius 2 is 1.91 bits per heavy atom. The number of hydrogen-bond donors (Lipinski definition) is 1. The highest BCUT2D eigenvalue weighted by atomic mass is 32.2. The molecule has 3 heterocycles. The molecule has 2 aliphatic heterocycles. The van der Waals surface area contributed by atoms with Gasteiger partial charge in [0.25, 0.3) is 0 Å². The van der Waals surface area contributed by atoms with Gasteiger partial charge in [0, 0.05) is 57.6 Å². The molecule has 5 rings (SSSR count). The number of carbonyl (C=O) groups is 1. The highest BCUT2D eigenvalue weighted by Crippen LogP contribution is 2.41. The van der Waals surface area contributed by atoms with E-state index in [1.807, 2.05) is 36.6 Å². The highest BCUT2D eigenvalue weighted by molar-refractivity contribution is 7.99. The first-order chi connectivity index (χ1) is 16.0. The molecule has 10 heteroatoms. The Labute approximate surface area is 198 Å². The van der Waals surface area contributed by atoms with Gasteiger partial charge in [-0.25, -0.2) is 9.75 Å². The van der Waals surface area contributed by atoms with Gasteiger partial charge in [0.15, 0.2) is 0 Å². The zero-order valence-corrected chi connectivity index (χ0v) is 19.7. The van der Waals surface area contributed by atoms with E-state index in [0.717, 1.165) is 41.2 Å². The van der Waals surface area contributed by atoms with Gasteiger partial charge in [-0.1, -0.05) is 17.1 Å². The van der Waals surface area contributed by atoms with Crippen LogP contribution in [-0.2, 0) is 22.1 Å². The summed E-state index contributed by atoms with van der Waals surface area (Å²) in [6, 6.07) is 13.9. The molecule has 2 fully saturated rings. The molecule has 33 heavy (non-hydrogen) atoms. The predicted octanol–water partition coefficient (Wildman–Crippen LogP) is 1.94.